The van der Waals surface area contributed by atoms with Crippen molar-refractivity contribution in [1.29, 1.82) is 0 Å². The normalized spacial score (nSPS) is 10.7. The Bertz CT molecular complexity index is 536. The van der Waals surface area contributed by atoms with Crippen LogP contribution in [0.15, 0.2) is 45.3 Å². The van der Waals surface area contributed by atoms with Crippen LogP contribution < -0.4 is 0 Å². The fraction of sp³-hybridized carbons (Fsp3) is 0.143. The van der Waals surface area contributed by atoms with Gasteiger partial charge in [-0.1, -0.05) is 24.3 Å². The first kappa shape index (κ1) is 14.6. The molecule has 1 nitrogen and oxygen atoms in total. The lowest BCUT2D eigenvalue weighted by atomic mass is 10.2. The Labute approximate surface area is 126 Å². The highest BCUT2D eigenvalue weighted by Crippen LogP contribution is 2.23. The summed E-state index contributed by atoms with van der Waals surface area (Å²) in [5, 5.41) is 0. The molecule has 0 amide bonds. The maximum atomic E-state index is 13.3. The zero-order valence-electron chi connectivity index (χ0n) is 9.80. The predicted molar refractivity (Wildman–Crippen MR) is 76.7 cm³/mol. The Hall–Kier alpha value is -0.780. The molecular formula is C14H10Br2F2O. The fourth-order valence-electron chi connectivity index (χ4n) is 1.59. The zero-order valence-corrected chi connectivity index (χ0v) is 13.0. The lowest BCUT2D eigenvalue weighted by molar-refractivity contribution is 0.106. The molecule has 19 heavy (non-hydrogen) atoms. The second-order valence-electron chi connectivity index (χ2n) is 3.92. The molecule has 0 unspecified atom stereocenters. The number of hydrogen-bond donors (Lipinski definition) is 0. The van der Waals surface area contributed by atoms with Crippen molar-refractivity contribution >= 4 is 31.9 Å². The Morgan fingerprint density at radius 1 is 0.789 bits per heavy atom. The second kappa shape index (κ2) is 6.59. The summed E-state index contributed by atoms with van der Waals surface area (Å²) in [7, 11) is 0. The zero-order chi connectivity index (χ0) is 13.8. The first-order valence-corrected chi connectivity index (χ1v) is 7.11. The molecule has 0 aliphatic rings. The summed E-state index contributed by atoms with van der Waals surface area (Å²) in [6.07, 6.45) is 0. The number of ether oxygens (including phenoxy) is 1. The maximum Gasteiger partial charge on any atom is 0.137 e. The molecule has 0 saturated heterocycles. The minimum atomic E-state index is -0.326. The minimum Gasteiger partial charge on any atom is -0.372 e. The molecule has 0 saturated carbocycles. The van der Waals surface area contributed by atoms with Gasteiger partial charge in [0.15, 0.2) is 0 Å². The van der Waals surface area contributed by atoms with Crippen molar-refractivity contribution in [3.63, 3.8) is 0 Å². The molecule has 0 N–H and O–H groups in total. The van der Waals surface area contributed by atoms with Gasteiger partial charge >= 0.3 is 0 Å². The van der Waals surface area contributed by atoms with Crippen molar-refractivity contribution < 1.29 is 13.5 Å². The molecule has 2 aromatic rings. The van der Waals surface area contributed by atoms with Gasteiger partial charge in [-0.05, 0) is 55.1 Å². The van der Waals surface area contributed by atoms with Gasteiger partial charge in [-0.2, -0.15) is 0 Å². The van der Waals surface area contributed by atoms with E-state index < -0.39 is 0 Å². The minimum absolute atomic E-state index is 0.251. The largest absolute Gasteiger partial charge is 0.372 e. The van der Waals surface area contributed by atoms with Crippen LogP contribution in [0.2, 0.25) is 0 Å². The lowest BCUT2D eigenvalue weighted by Crippen LogP contribution is -1.97. The summed E-state index contributed by atoms with van der Waals surface area (Å²) in [5.41, 5.74) is 1.43. The van der Waals surface area contributed by atoms with Crippen LogP contribution in [-0.4, -0.2) is 0 Å². The molecule has 2 rings (SSSR count). The van der Waals surface area contributed by atoms with E-state index in [1.54, 1.807) is 24.3 Å². The van der Waals surface area contributed by atoms with Crippen LogP contribution in [0.4, 0.5) is 8.78 Å². The molecule has 2 aromatic carbocycles. The Morgan fingerprint density at radius 2 is 1.21 bits per heavy atom. The lowest BCUT2D eigenvalue weighted by Gasteiger charge is -2.08. The monoisotopic (exact) mass is 390 g/mol. The maximum absolute atomic E-state index is 13.3. The smallest absolute Gasteiger partial charge is 0.137 e. The highest BCUT2D eigenvalue weighted by atomic mass is 79.9. The summed E-state index contributed by atoms with van der Waals surface area (Å²) in [6, 6.07) is 9.53. The summed E-state index contributed by atoms with van der Waals surface area (Å²) < 4.78 is 32.9. The van der Waals surface area contributed by atoms with Gasteiger partial charge in [0, 0.05) is 0 Å². The van der Waals surface area contributed by atoms with Crippen molar-refractivity contribution in [3.05, 3.63) is 68.1 Å². The Kier molecular flexibility index (Phi) is 5.07. The number of benzene rings is 2. The van der Waals surface area contributed by atoms with Gasteiger partial charge in [-0.3, -0.25) is 0 Å². The molecule has 0 aliphatic carbocycles. The Morgan fingerprint density at radius 3 is 1.63 bits per heavy atom. The van der Waals surface area contributed by atoms with Crippen molar-refractivity contribution in [3.8, 4) is 0 Å². The van der Waals surface area contributed by atoms with Gasteiger partial charge in [0.05, 0.1) is 22.2 Å². The molecule has 0 radical (unpaired) electrons. The molecule has 100 valence electrons. The second-order valence-corrected chi connectivity index (χ2v) is 5.50. The van der Waals surface area contributed by atoms with Gasteiger partial charge < -0.3 is 4.74 Å². The van der Waals surface area contributed by atoms with E-state index in [1.807, 2.05) is 0 Å². The van der Waals surface area contributed by atoms with Crippen LogP contribution in [0.3, 0.4) is 0 Å². The van der Waals surface area contributed by atoms with Crippen LogP contribution in [-0.2, 0) is 18.0 Å². The number of hydrogen-bond acceptors (Lipinski definition) is 1. The van der Waals surface area contributed by atoms with Gasteiger partial charge in [0.2, 0.25) is 0 Å². The molecule has 0 aromatic heterocycles. The molecule has 0 atom stereocenters. The molecule has 0 fully saturated rings. The number of halogens is 4. The quantitative estimate of drug-likeness (QED) is 0.695. The molecule has 0 spiro atoms. The average Bonchev–Trinajstić information content (AvgIpc) is 2.39. The van der Waals surface area contributed by atoms with E-state index in [0.717, 1.165) is 0 Å². The van der Waals surface area contributed by atoms with E-state index in [-0.39, 0.29) is 24.8 Å². The third kappa shape index (κ3) is 3.61. The highest BCUT2D eigenvalue weighted by molar-refractivity contribution is 9.10. The van der Waals surface area contributed by atoms with Crippen molar-refractivity contribution in [2.75, 3.05) is 0 Å². The van der Waals surface area contributed by atoms with Crippen molar-refractivity contribution in [1.82, 2.24) is 0 Å². The van der Waals surface area contributed by atoms with E-state index in [0.29, 0.717) is 20.1 Å². The SMILES string of the molecule is Fc1cccc(COCc2cccc(F)c2Br)c1Br. The van der Waals surface area contributed by atoms with Crippen LogP contribution >= 0.6 is 31.9 Å². The highest BCUT2D eigenvalue weighted by Gasteiger charge is 2.07. The molecular weight excluding hydrogens is 382 g/mol. The molecule has 0 heterocycles. The topological polar surface area (TPSA) is 9.23 Å². The third-order valence-corrected chi connectivity index (χ3v) is 4.35. The van der Waals surface area contributed by atoms with E-state index in [1.165, 1.54) is 12.1 Å². The standard InChI is InChI=1S/C14H10Br2F2O/c15-13-9(3-1-5-11(13)17)7-19-8-10-4-2-6-12(18)14(10)16/h1-6H,7-8H2. The van der Waals surface area contributed by atoms with Gasteiger partial charge in [0.1, 0.15) is 11.6 Å². The summed E-state index contributed by atoms with van der Waals surface area (Å²) in [4.78, 5) is 0. The van der Waals surface area contributed by atoms with Gasteiger partial charge in [0.25, 0.3) is 0 Å². The Balaban J connectivity index is 2.00. The first-order chi connectivity index (χ1) is 9.09. The van der Waals surface area contributed by atoms with Crippen molar-refractivity contribution in [2.24, 2.45) is 0 Å². The van der Waals surface area contributed by atoms with Crippen LogP contribution in [0.25, 0.3) is 0 Å². The average molecular weight is 392 g/mol. The van der Waals surface area contributed by atoms with Crippen LogP contribution in [0.5, 0.6) is 0 Å². The summed E-state index contributed by atoms with van der Waals surface area (Å²) in [5.74, 6) is -0.652. The first-order valence-electron chi connectivity index (χ1n) is 5.53. The van der Waals surface area contributed by atoms with E-state index in [9.17, 15) is 8.78 Å². The summed E-state index contributed by atoms with van der Waals surface area (Å²) in [6.45, 7) is 0.503. The van der Waals surface area contributed by atoms with Gasteiger partial charge in [-0.25, -0.2) is 8.78 Å². The number of rotatable bonds is 4. The predicted octanol–water partition coefficient (Wildman–Crippen LogP) is 5.21. The van der Waals surface area contributed by atoms with Gasteiger partial charge in [-0.15, -0.1) is 0 Å². The van der Waals surface area contributed by atoms with Crippen LogP contribution in [0, 0.1) is 11.6 Å². The third-order valence-electron chi connectivity index (χ3n) is 2.58. The van der Waals surface area contributed by atoms with E-state index >= 15 is 0 Å². The van der Waals surface area contributed by atoms with E-state index in [4.69, 9.17) is 4.74 Å². The fourth-order valence-corrected chi connectivity index (χ4v) is 2.35. The molecule has 0 bridgehead atoms. The van der Waals surface area contributed by atoms with E-state index in [2.05, 4.69) is 31.9 Å². The summed E-state index contributed by atoms with van der Waals surface area (Å²) >= 11 is 6.34. The molecule has 0 aliphatic heterocycles. The molecule has 5 heteroatoms. The van der Waals surface area contributed by atoms with Crippen LogP contribution in [0.1, 0.15) is 11.1 Å². The van der Waals surface area contributed by atoms with Crippen molar-refractivity contribution in [2.45, 2.75) is 13.2 Å².